The highest BCUT2D eigenvalue weighted by Crippen LogP contribution is 2.10. The van der Waals surface area contributed by atoms with Gasteiger partial charge >= 0.3 is 5.97 Å². The number of hydrogen-bond acceptors (Lipinski definition) is 4. The average molecular weight is 332 g/mol. The Labute approximate surface area is 137 Å². The van der Waals surface area contributed by atoms with Crippen molar-refractivity contribution >= 4 is 34.9 Å². The minimum atomic E-state index is -0.520. The number of benzene rings is 2. The van der Waals surface area contributed by atoms with Gasteiger partial charge in [0.05, 0.1) is 12.7 Å². The van der Waals surface area contributed by atoms with Crippen LogP contribution in [0.2, 0.25) is 0 Å². The molecule has 0 spiro atoms. The van der Waals surface area contributed by atoms with Crippen molar-refractivity contribution in [3.63, 3.8) is 0 Å². The largest absolute Gasteiger partial charge is 0.465 e. The molecule has 0 aliphatic rings. The number of rotatable bonds is 3. The lowest BCUT2D eigenvalue weighted by Crippen LogP contribution is -2.34. The Hall–Kier alpha value is -2.80. The Morgan fingerprint density at radius 1 is 1.09 bits per heavy atom. The molecule has 0 aliphatic carbocycles. The van der Waals surface area contributed by atoms with E-state index in [0.717, 1.165) is 6.07 Å². The zero-order valence-corrected chi connectivity index (χ0v) is 12.9. The maximum absolute atomic E-state index is 13.1. The van der Waals surface area contributed by atoms with E-state index in [1.807, 2.05) is 0 Å². The van der Waals surface area contributed by atoms with E-state index in [0.29, 0.717) is 11.3 Å². The Morgan fingerprint density at radius 3 is 2.39 bits per heavy atom. The van der Waals surface area contributed by atoms with E-state index in [2.05, 4.69) is 15.4 Å². The molecule has 0 atom stereocenters. The Kier molecular flexibility index (Phi) is 5.37. The number of nitrogens with one attached hydrogen (secondary N) is 2. The second-order valence-corrected chi connectivity index (χ2v) is 4.90. The fourth-order valence-electron chi connectivity index (χ4n) is 1.77. The summed E-state index contributed by atoms with van der Waals surface area (Å²) in [6, 6.07) is 11.6. The minimum absolute atomic E-state index is 0.0603. The predicted molar refractivity (Wildman–Crippen MR) is 87.9 cm³/mol. The molecule has 5 nitrogen and oxygen atoms in total. The Bertz CT molecular complexity index is 747. The number of carbonyl (C=O) groups is 2. The summed E-state index contributed by atoms with van der Waals surface area (Å²) in [4.78, 5) is 23.2. The second kappa shape index (κ2) is 7.46. The van der Waals surface area contributed by atoms with Crippen LogP contribution in [0.25, 0.3) is 0 Å². The van der Waals surface area contributed by atoms with Gasteiger partial charge in [-0.1, -0.05) is 6.07 Å². The first-order valence-corrected chi connectivity index (χ1v) is 6.96. The fourth-order valence-corrected chi connectivity index (χ4v) is 1.99. The molecule has 23 heavy (non-hydrogen) atoms. The van der Waals surface area contributed by atoms with Gasteiger partial charge in [0, 0.05) is 11.3 Å². The van der Waals surface area contributed by atoms with Crippen LogP contribution < -0.4 is 10.6 Å². The molecule has 0 heterocycles. The maximum atomic E-state index is 13.1. The minimum Gasteiger partial charge on any atom is -0.465 e. The molecule has 0 radical (unpaired) electrons. The third-order valence-electron chi connectivity index (χ3n) is 2.88. The summed E-state index contributed by atoms with van der Waals surface area (Å²) in [7, 11) is 1.30. The molecule has 0 aliphatic heterocycles. The van der Waals surface area contributed by atoms with E-state index in [4.69, 9.17) is 12.2 Å². The van der Waals surface area contributed by atoms with Crippen LogP contribution in [0.15, 0.2) is 48.5 Å². The Morgan fingerprint density at radius 2 is 1.78 bits per heavy atom. The lowest BCUT2D eigenvalue weighted by Gasteiger charge is -2.10. The van der Waals surface area contributed by atoms with Crippen LogP contribution in [0.4, 0.5) is 10.1 Å². The molecule has 7 heteroatoms. The molecule has 0 bridgehead atoms. The standard InChI is InChI=1S/C16H13FN2O3S/c1-22-15(21)10-5-7-13(8-6-10)18-16(23)19-14(20)11-3-2-4-12(17)9-11/h2-9H,1H3,(H2,18,19,20,23). The lowest BCUT2D eigenvalue weighted by atomic mass is 10.2. The van der Waals surface area contributed by atoms with Crippen molar-refractivity contribution in [3.8, 4) is 0 Å². The number of halogens is 1. The van der Waals surface area contributed by atoms with Gasteiger partial charge in [-0.2, -0.15) is 0 Å². The average Bonchev–Trinajstić information content (AvgIpc) is 2.54. The predicted octanol–water partition coefficient (Wildman–Crippen LogP) is 2.74. The van der Waals surface area contributed by atoms with E-state index in [1.165, 1.54) is 25.3 Å². The van der Waals surface area contributed by atoms with Gasteiger partial charge in [0.2, 0.25) is 0 Å². The molecule has 0 aromatic heterocycles. The number of carbonyl (C=O) groups excluding carboxylic acids is 2. The van der Waals surface area contributed by atoms with Crippen molar-refractivity contribution in [3.05, 3.63) is 65.5 Å². The topological polar surface area (TPSA) is 67.4 Å². The molecule has 118 valence electrons. The van der Waals surface area contributed by atoms with Gasteiger partial charge in [-0.25, -0.2) is 9.18 Å². The number of hydrogen-bond donors (Lipinski definition) is 2. The molecule has 1 amide bonds. The normalized spacial score (nSPS) is 9.83. The van der Waals surface area contributed by atoms with Crippen LogP contribution in [0.3, 0.4) is 0 Å². The van der Waals surface area contributed by atoms with Crippen molar-refractivity contribution in [1.29, 1.82) is 0 Å². The number of anilines is 1. The second-order valence-electron chi connectivity index (χ2n) is 4.49. The molecular formula is C16H13FN2O3S. The van der Waals surface area contributed by atoms with Crippen molar-refractivity contribution in [2.24, 2.45) is 0 Å². The van der Waals surface area contributed by atoms with Gasteiger partial charge in [0.25, 0.3) is 5.91 Å². The summed E-state index contributed by atoms with van der Waals surface area (Å²) in [6.07, 6.45) is 0. The fraction of sp³-hybridized carbons (Fsp3) is 0.0625. The van der Waals surface area contributed by atoms with Crippen molar-refractivity contribution in [2.75, 3.05) is 12.4 Å². The third-order valence-corrected chi connectivity index (χ3v) is 3.08. The van der Waals surface area contributed by atoms with Crippen LogP contribution in [0.5, 0.6) is 0 Å². The first-order valence-electron chi connectivity index (χ1n) is 6.56. The summed E-state index contributed by atoms with van der Waals surface area (Å²) in [5.74, 6) is -1.47. The smallest absolute Gasteiger partial charge is 0.337 e. The van der Waals surface area contributed by atoms with Gasteiger partial charge in [-0.05, 0) is 54.7 Å². The molecule has 2 aromatic rings. The number of esters is 1. The third kappa shape index (κ3) is 4.58. The van der Waals surface area contributed by atoms with Crippen molar-refractivity contribution in [1.82, 2.24) is 5.32 Å². The highest BCUT2D eigenvalue weighted by atomic mass is 32.1. The van der Waals surface area contributed by atoms with E-state index in [1.54, 1.807) is 24.3 Å². The van der Waals surface area contributed by atoms with E-state index in [9.17, 15) is 14.0 Å². The number of amides is 1. The quantitative estimate of drug-likeness (QED) is 0.668. The van der Waals surface area contributed by atoms with Crippen molar-refractivity contribution in [2.45, 2.75) is 0 Å². The van der Waals surface area contributed by atoms with Gasteiger partial charge in [-0.15, -0.1) is 0 Å². The number of methoxy groups -OCH3 is 1. The zero-order valence-electron chi connectivity index (χ0n) is 12.1. The van der Waals surface area contributed by atoms with Crippen LogP contribution >= 0.6 is 12.2 Å². The first kappa shape index (κ1) is 16.6. The molecule has 0 saturated heterocycles. The summed E-state index contributed by atoms with van der Waals surface area (Å²) in [6.45, 7) is 0. The van der Waals surface area contributed by atoms with Gasteiger partial charge in [-0.3, -0.25) is 10.1 Å². The molecule has 0 fully saturated rings. The molecular weight excluding hydrogens is 319 g/mol. The lowest BCUT2D eigenvalue weighted by molar-refractivity contribution is 0.0600. The van der Waals surface area contributed by atoms with Crippen LogP contribution in [0, 0.1) is 5.82 Å². The Balaban J connectivity index is 1.97. The molecule has 2 N–H and O–H groups in total. The van der Waals surface area contributed by atoms with E-state index >= 15 is 0 Å². The molecule has 2 rings (SSSR count). The summed E-state index contributed by atoms with van der Waals surface area (Å²) < 4.78 is 17.7. The highest BCUT2D eigenvalue weighted by Gasteiger charge is 2.09. The number of thiocarbonyl (C=S) groups is 1. The van der Waals surface area contributed by atoms with Gasteiger partial charge in [0.15, 0.2) is 5.11 Å². The van der Waals surface area contributed by atoms with E-state index in [-0.39, 0.29) is 10.7 Å². The van der Waals surface area contributed by atoms with Crippen LogP contribution in [0.1, 0.15) is 20.7 Å². The van der Waals surface area contributed by atoms with Gasteiger partial charge in [0.1, 0.15) is 5.82 Å². The maximum Gasteiger partial charge on any atom is 0.337 e. The summed E-state index contributed by atoms with van der Waals surface area (Å²) >= 11 is 5.02. The van der Waals surface area contributed by atoms with Crippen LogP contribution in [-0.4, -0.2) is 24.1 Å². The molecule has 0 unspecified atom stereocenters. The summed E-state index contributed by atoms with van der Waals surface area (Å²) in [5, 5.41) is 5.30. The zero-order chi connectivity index (χ0) is 16.8. The highest BCUT2D eigenvalue weighted by molar-refractivity contribution is 7.80. The van der Waals surface area contributed by atoms with Crippen molar-refractivity contribution < 1.29 is 18.7 Å². The van der Waals surface area contributed by atoms with Gasteiger partial charge < -0.3 is 10.1 Å². The summed E-state index contributed by atoms with van der Waals surface area (Å²) in [5.41, 5.74) is 1.14. The molecule has 2 aromatic carbocycles. The first-order chi connectivity index (χ1) is 11.0. The SMILES string of the molecule is COC(=O)c1ccc(NC(=S)NC(=O)c2cccc(F)c2)cc1. The van der Waals surface area contributed by atoms with E-state index < -0.39 is 17.7 Å². The number of ether oxygens (including phenoxy) is 1. The monoisotopic (exact) mass is 332 g/mol. The van der Waals surface area contributed by atoms with Crippen LogP contribution in [-0.2, 0) is 4.74 Å². The molecule has 0 saturated carbocycles.